The Morgan fingerprint density at radius 3 is 2.53 bits per heavy atom. The number of rotatable bonds is 5. The van der Waals surface area contributed by atoms with E-state index in [0.29, 0.717) is 19.6 Å². The van der Waals surface area contributed by atoms with Gasteiger partial charge in [-0.15, -0.1) is 0 Å². The molecule has 0 spiro atoms. The zero-order valence-corrected chi connectivity index (χ0v) is 18.0. The summed E-state index contributed by atoms with van der Waals surface area (Å²) in [6.07, 6.45) is 5.48. The van der Waals surface area contributed by atoms with Crippen LogP contribution in [-0.2, 0) is 6.54 Å². The number of methoxy groups -OCH3 is 1. The fourth-order valence-electron chi connectivity index (χ4n) is 4.25. The molecule has 1 aliphatic rings. The van der Waals surface area contributed by atoms with Gasteiger partial charge in [0.2, 0.25) is 5.95 Å². The van der Waals surface area contributed by atoms with E-state index < -0.39 is 0 Å². The lowest BCUT2D eigenvalue weighted by Crippen LogP contribution is -2.49. The minimum Gasteiger partial charge on any atom is -0.497 e. The summed E-state index contributed by atoms with van der Waals surface area (Å²) < 4.78 is 7.50. The van der Waals surface area contributed by atoms with Gasteiger partial charge in [-0.2, -0.15) is 0 Å². The molecule has 1 aliphatic heterocycles. The van der Waals surface area contributed by atoms with Crippen LogP contribution in [0.4, 0.5) is 5.95 Å². The summed E-state index contributed by atoms with van der Waals surface area (Å²) in [7, 11) is 1.67. The van der Waals surface area contributed by atoms with Crippen molar-refractivity contribution in [2.45, 2.75) is 6.54 Å². The van der Waals surface area contributed by atoms with Crippen LogP contribution in [-0.4, -0.2) is 58.6 Å². The maximum absolute atomic E-state index is 13.5. The van der Waals surface area contributed by atoms with Crippen LogP contribution in [0.1, 0.15) is 15.9 Å². The van der Waals surface area contributed by atoms with Crippen molar-refractivity contribution < 1.29 is 9.53 Å². The number of carbonyl (C=O) groups is 1. The summed E-state index contributed by atoms with van der Waals surface area (Å²) in [6.45, 7) is 3.40. The third-order valence-corrected chi connectivity index (χ3v) is 5.91. The van der Waals surface area contributed by atoms with Crippen molar-refractivity contribution in [2.75, 3.05) is 38.2 Å². The second kappa shape index (κ2) is 8.70. The first-order valence-corrected chi connectivity index (χ1v) is 10.7. The van der Waals surface area contributed by atoms with Gasteiger partial charge in [-0.25, -0.2) is 9.97 Å². The Balaban J connectivity index is 1.38. The number of para-hydroxylation sites is 1. The molecule has 0 aliphatic carbocycles. The van der Waals surface area contributed by atoms with Crippen LogP contribution in [0.5, 0.6) is 5.75 Å². The monoisotopic (exact) mass is 427 g/mol. The molecule has 3 heterocycles. The van der Waals surface area contributed by atoms with E-state index in [-0.39, 0.29) is 5.91 Å². The highest BCUT2D eigenvalue weighted by Crippen LogP contribution is 2.25. The summed E-state index contributed by atoms with van der Waals surface area (Å²) in [5, 5.41) is 0.981. The van der Waals surface area contributed by atoms with Crippen LogP contribution in [0.15, 0.2) is 73.2 Å². The molecule has 0 atom stereocenters. The van der Waals surface area contributed by atoms with Crippen LogP contribution >= 0.6 is 0 Å². The number of anilines is 1. The van der Waals surface area contributed by atoms with Crippen LogP contribution in [0.25, 0.3) is 10.9 Å². The van der Waals surface area contributed by atoms with Crippen LogP contribution in [0, 0.1) is 0 Å². The lowest BCUT2D eigenvalue weighted by atomic mass is 10.1. The molecule has 0 radical (unpaired) electrons. The molecule has 1 amide bonds. The number of hydrogen-bond donors (Lipinski definition) is 0. The topological polar surface area (TPSA) is 63.5 Å². The number of piperazine rings is 1. The molecule has 2 aromatic heterocycles. The third kappa shape index (κ3) is 3.89. The second-order valence-corrected chi connectivity index (χ2v) is 7.87. The summed E-state index contributed by atoms with van der Waals surface area (Å²) in [6, 6.07) is 17.9. The number of carbonyl (C=O) groups excluding carboxylic acids is 1. The Labute approximate surface area is 186 Å². The quantitative estimate of drug-likeness (QED) is 0.488. The number of amides is 1. The predicted molar refractivity (Wildman–Crippen MR) is 124 cm³/mol. The lowest BCUT2D eigenvalue weighted by Gasteiger charge is -2.34. The predicted octanol–water partition coefficient (Wildman–Crippen LogP) is 3.45. The molecule has 7 nitrogen and oxygen atoms in total. The number of fused-ring (bicyclic) bond motifs is 1. The van der Waals surface area contributed by atoms with E-state index in [9.17, 15) is 4.79 Å². The van der Waals surface area contributed by atoms with Gasteiger partial charge in [-0.1, -0.05) is 30.3 Å². The van der Waals surface area contributed by atoms with Gasteiger partial charge in [0.25, 0.3) is 5.91 Å². The van der Waals surface area contributed by atoms with Gasteiger partial charge in [0.1, 0.15) is 5.75 Å². The van der Waals surface area contributed by atoms with Crippen LogP contribution in [0.3, 0.4) is 0 Å². The highest BCUT2D eigenvalue weighted by Gasteiger charge is 2.25. The highest BCUT2D eigenvalue weighted by atomic mass is 16.5. The second-order valence-electron chi connectivity index (χ2n) is 7.87. The number of ether oxygens (including phenoxy) is 1. The molecular weight excluding hydrogens is 402 g/mol. The first-order chi connectivity index (χ1) is 15.7. The van der Waals surface area contributed by atoms with Gasteiger partial charge in [0, 0.05) is 62.2 Å². The van der Waals surface area contributed by atoms with E-state index in [1.165, 1.54) is 0 Å². The van der Waals surface area contributed by atoms with Crippen molar-refractivity contribution in [3.63, 3.8) is 0 Å². The molecule has 2 aromatic carbocycles. The lowest BCUT2D eigenvalue weighted by molar-refractivity contribution is 0.0748. The summed E-state index contributed by atoms with van der Waals surface area (Å²) in [4.78, 5) is 26.2. The van der Waals surface area contributed by atoms with Crippen LogP contribution < -0.4 is 9.64 Å². The average Bonchev–Trinajstić information content (AvgIpc) is 3.22. The molecule has 1 saturated heterocycles. The van der Waals surface area contributed by atoms with Gasteiger partial charge in [0.15, 0.2) is 0 Å². The molecular formula is C25H25N5O2. The Morgan fingerprint density at radius 2 is 1.75 bits per heavy atom. The van der Waals surface area contributed by atoms with E-state index in [4.69, 9.17) is 4.74 Å². The number of aromatic nitrogens is 3. The average molecular weight is 428 g/mol. The molecule has 32 heavy (non-hydrogen) atoms. The molecule has 0 N–H and O–H groups in total. The zero-order chi connectivity index (χ0) is 21.9. The third-order valence-electron chi connectivity index (χ3n) is 5.91. The fourth-order valence-corrected chi connectivity index (χ4v) is 4.25. The van der Waals surface area contributed by atoms with Crippen molar-refractivity contribution >= 4 is 22.8 Å². The van der Waals surface area contributed by atoms with E-state index >= 15 is 0 Å². The largest absolute Gasteiger partial charge is 0.497 e. The molecule has 5 rings (SSSR count). The van der Waals surface area contributed by atoms with E-state index in [1.54, 1.807) is 19.5 Å². The Bertz CT molecular complexity index is 1230. The smallest absolute Gasteiger partial charge is 0.256 e. The van der Waals surface area contributed by atoms with Gasteiger partial charge >= 0.3 is 0 Å². The Hall–Kier alpha value is -3.87. The minimum atomic E-state index is 0.0687. The van der Waals surface area contributed by atoms with Gasteiger partial charge in [-0.3, -0.25) is 4.79 Å². The van der Waals surface area contributed by atoms with Gasteiger partial charge < -0.3 is 19.1 Å². The fraction of sp³-hybridized carbons (Fsp3) is 0.240. The van der Waals surface area contributed by atoms with E-state index in [2.05, 4.69) is 31.6 Å². The van der Waals surface area contributed by atoms with Gasteiger partial charge in [-0.05, 0) is 29.8 Å². The first-order valence-electron chi connectivity index (χ1n) is 10.7. The van der Waals surface area contributed by atoms with Crippen molar-refractivity contribution in [1.82, 2.24) is 19.4 Å². The summed E-state index contributed by atoms with van der Waals surface area (Å²) >= 11 is 0. The van der Waals surface area contributed by atoms with Crippen molar-refractivity contribution in [2.24, 2.45) is 0 Å². The molecule has 162 valence electrons. The number of benzene rings is 2. The number of hydrogen-bond acceptors (Lipinski definition) is 5. The zero-order valence-electron chi connectivity index (χ0n) is 18.0. The minimum absolute atomic E-state index is 0.0687. The summed E-state index contributed by atoms with van der Waals surface area (Å²) in [5.74, 6) is 1.62. The first kappa shape index (κ1) is 20.1. The van der Waals surface area contributed by atoms with Crippen molar-refractivity contribution in [1.29, 1.82) is 0 Å². The van der Waals surface area contributed by atoms with E-state index in [0.717, 1.165) is 46.8 Å². The Morgan fingerprint density at radius 1 is 0.969 bits per heavy atom. The molecule has 0 saturated carbocycles. The maximum Gasteiger partial charge on any atom is 0.256 e. The molecule has 0 bridgehead atoms. The van der Waals surface area contributed by atoms with Crippen LogP contribution in [0.2, 0.25) is 0 Å². The van der Waals surface area contributed by atoms with E-state index in [1.807, 2.05) is 53.6 Å². The highest BCUT2D eigenvalue weighted by molar-refractivity contribution is 6.07. The van der Waals surface area contributed by atoms with Gasteiger partial charge in [0.05, 0.1) is 12.7 Å². The SMILES string of the molecule is COc1cccc(Cn2cc(C(=O)N3CCN(c4ncccn4)CC3)c3ccccc32)c1. The normalized spacial score (nSPS) is 14.0. The number of nitrogens with zero attached hydrogens (tertiary/aromatic N) is 5. The van der Waals surface area contributed by atoms with Crippen molar-refractivity contribution in [3.05, 3.63) is 84.3 Å². The van der Waals surface area contributed by atoms with Crippen molar-refractivity contribution in [3.8, 4) is 5.75 Å². The molecule has 0 unspecified atom stereocenters. The molecule has 1 fully saturated rings. The maximum atomic E-state index is 13.5. The Kier molecular flexibility index (Phi) is 5.46. The standard InChI is InChI=1S/C25H25N5O2/c1-32-20-7-4-6-19(16-20)17-30-18-22(21-8-2-3-9-23(21)30)24(31)28-12-14-29(15-13-28)25-26-10-5-11-27-25/h2-11,16,18H,12-15,17H2,1H3. The molecule has 4 aromatic rings. The molecule has 7 heteroatoms. The summed E-state index contributed by atoms with van der Waals surface area (Å²) in [5.41, 5.74) is 2.92.